The molecule has 1 rings (SSSR count). The summed E-state index contributed by atoms with van der Waals surface area (Å²) < 4.78 is 18.3. The Kier molecular flexibility index (Phi) is 6.76. The lowest BCUT2D eigenvalue weighted by atomic mass is 10.1. The number of halogens is 2. The number of nitrogens with one attached hydrogen (secondary N) is 1. The molecule has 2 N–H and O–H groups in total. The molecule has 0 radical (unpaired) electrons. The van der Waals surface area contributed by atoms with Crippen molar-refractivity contribution in [3.63, 3.8) is 0 Å². The van der Waals surface area contributed by atoms with Crippen LogP contribution in [0.5, 0.6) is 0 Å². The number of esters is 1. The molecule has 1 atom stereocenters. The Morgan fingerprint density at radius 3 is 2.68 bits per heavy atom. The van der Waals surface area contributed by atoms with Gasteiger partial charge in [-0.2, -0.15) is 0 Å². The molecule has 0 saturated carbocycles. The van der Waals surface area contributed by atoms with Crippen molar-refractivity contribution in [3.05, 3.63) is 28.0 Å². The Balaban J connectivity index is 2.94. The fraction of sp³-hybridized carbons (Fsp3) is 0.429. The molecule has 8 heteroatoms. The van der Waals surface area contributed by atoms with Crippen molar-refractivity contribution in [1.29, 1.82) is 0 Å². The zero-order valence-corrected chi connectivity index (χ0v) is 14.1. The van der Waals surface area contributed by atoms with Crippen LogP contribution in [-0.2, 0) is 4.74 Å². The van der Waals surface area contributed by atoms with E-state index in [0.29, 0.717) is 13.0 Å². The van der Waals surface area contributed by atoms with E-state index < -0.39 is 23.9 Å². The lowest BCUT2D eigenvalue weighted by Gasteiger charge is -2.19. The van der Waals surface area contributed by atoms with Crippen molar-refractivity contribution in [2.75, 3.05) is 26.0 Å². The molecule has 0 aliphatic heterocycles. The highest BCUT2D eigenvalue weighted by atomic mass is 79.9. The Bertz CT molecular complexity index is 566. The highest BCUT2D eigenvalue weighted by Crippen LogP contribution is 2.25. The lowest BCUT2D eigenvalue weighted by molar-refractivity contribution is 0.0601. The van der Waals surface area contributed by atoms with E-state index in [9.17, 15) is 19.1 Å². The fourth-order valence-corrected chi connectivity index (χ4v) is 1.97. The standard InChI is InChI=1S/C14H18BrFN2O4/c1-8(19)4-5-18(2)14(21)17-12-7-11(16)10(15)6-9(12)13(20)22-3/h6-8,19H,4-5H2,1-3H3,(H,17,21). The van der Waals surface area contributed by atoms with Crippen LogP contribution in [0.3, 0.4) is 0 Å². The highest BCUT2D eigenvalue weighted by molar-refractivity contribution is 9.10. The number of nitrogens with zero attached hydrogens (tertiary/aromatic N) is 1. The number of aliphatic hydroxyl groups is 1. The van der Waals surface area contributed by atoms with Crippen LogP contribution in [0.25, 0.3) is 0 Å². The molecule has 1 aromatic rings. The van der Waals surface area contributed by atoms with Gasteiger partial charge in [-0.05, 0) is 41.4 Å². The highest BCUT2D eigenvalue weighted by Gasteiger charge is 2.19. The molecule has 1 unspecified atom stereocenters. The summed E-state index contributed by atoms with van der Waals surface area (Å²) in [6.07, 6.45) is -0.131. The average molecular weight is 377 g/mol. The first-order valence-corrected chi connectivity index (χ1v) is 7.33. The minimum atomic E-state index is -0.692. The summed E-state index contributed by atoms with van der Waals surface area (Å²) in [5.74, 6) is -1.31. The minimum Gasteiger partial charge on any atom is -0.465 e. The number of aliphatic hydroxyl groups excluding tert-OH is 1. The van der Waals surface area contributed by atoms with Gasteiger partial charge in [0.25, 0.3) is 0 Å². The van der Waals surface area contributed by atoms with Crippen molar-refractivity contribution in [1.82, 2.24) is 4.90 Å². The van der Waals surface area contributed by atoms with Crippen LogP contribution in [0, 0.1) is 5.82 Å². The second-order valence-corrected chi connectivity index (χ2v) is 5.65. The van der Waals surface area contributed by atoms with Crippen molar-refractivity contribution in [3.8, 4) is 0 Å². The maximum absolute atomic E-state index is 13.6. The van der Waals surface area contributed by atoms with Crippen LogP contribution in [-0.4, -0.2) is 48.8 Å². The SMILES string of the molecule is COC(=O)c1cc(Br)c(F)cc1NC(=O)N(C)CCC(C)O. The number of hydrogen-bond acceptors (Lipinski definition) is 4. The number of ether oxygens (including phenoxy) is 1. The van der Waals surface area contributed by atoms with E-state index in [1.807, 2.05) is 0 Å². The predicted octanol–water partition coefficient (Wildman–Crippen LogP) is 2.61. The van der Waals surface area contributed by atoms with Crippen LogP contribution in [0.2, 0.25) is 0 Å². The van der Waals surface area contributed by atoms with Gasteiger partial charge in [0.15, 0.2) is 0 Å². The number of carbonyl (C=O) groups is 2. The molecule has 0 heterocycles. The van der Waals surface area contributed by atoms with Gasteiger partial charge in [-0.15, -0.1) is 0 Å². The Hall–Kier alpha value is -1.67. The molecule has 0 aliphatic carbocycles. The van der Waals surface area contributed by atoms with Crippen LogP contribution in [0.15, 0.2) is 16.6 Å². The number of methoxy groups -OCH3 is 1. The molecular formula is C14H18BrFN2O4. The topological polar surface area (TPSA) is 78.9 Å². The number of hydrogen-bond donors (Lipinski definition) is 2. The number of benzene rings is 1. The van der Waals surface area contributed by atoms with E-state index in [0.717, 1.165) is 6.07 Å². The van der Waals surface area contributed by atoms with Gasteiger partial charge in [-0.1, -0.05) is 0 Å². The molecule has 122 valence electrons. The third-order valence-corrected chi connectivity index (χ3v) is 3.54. The first-order valence-electron chi connectivity index (χ1n) is 6.53. The van der Waals surface area contributed by atoms with E-state index in [1.165, 1.54) is 25.1 Å². The number of amides is 2. The van der Waals surface area contributed by atoms with E-state index in [-0.39, 0.29) is 15.7 Å². The summed E-state index contributed by atoms with van der Waals surface area (Å²) in [5, 5.41) is 11.7. The van der Waals surface area contributed by atoms with Gasteiger partial charge in [-0.25, -0.2) is 14.0 Å². The Morgan fingerprint density at radius 1 is 1.50 bits per heavy atom. The van der Waals surface area contributed by atoms with Crippen molar-refractivity contribution in [2.24, 2.45) is 0 Å². The largest absolute Gasteiger partial charge is 0.465 e. The summed E-state index contributed by atoms with van der Waals surface area (Å²) in [5.41, 5.74) is 0.0505. The molecule has 1 aromatic carbocycles. The van der Waals surface area contributed by atoms with Crippen LogP contribution >= 0.6 is 15.9 Å². The van der Waals surface area contributed by atoms with Gasteiger partial charge in [-0.3, -0.25) is 0 Å². The van der Waals surface area contributed by atoms with Crippen molar-refractivity contribution in [2.45, 2.75) is 19.4 Å². The maximum atomic E-state index is 13.6. The van der Waals surface area contributed by atoms with Crippen molar-refractivity contribution < 1.29 is 23.8 Å². The molecule has 0 fully saturated rings. The Morgan fingerprint density at radius 2 is 2.14 bits per heavy atom. The lowest BCUT2D eigenvalue weighted by Crippen LogP contribution is -2.33. The second-order valence-electron chi connectivity index (χ2n) is 4.79. The summed E-state index contributed by atoms with van der Waals surface area (Å²) in [7, 11) is 2.73. The summed E-state index contributed by atoms with van der Waals surface area (Å²) >= 11 is 2.98. The van der Waals surface area contributed by atoms with E-state index in [2.05, 4.69) is 26.0 Å². The molecule has 0 bridgehead atoms. The molecule has 0 aromatic heterocycles. The molecule has 2 amide bonds. The molecule has 22 heavy (non-hydrogen) atoms. The quantitative estimate of drug-likeness (QED) is 0.774. The third-order valence-electron chi connectivity index (χ3n) is 2.94. The summed E-state index contributed by atoms with van der Waals surface area (Å²) in [6.45, 7) is 1.93. The third kappa shape index (κ3) is 4.96. The van der Waals surface area contributed by atoms with Gasteiger partial charge >= 0.3 is 12.0 Å². The van der Waals surface area contributed by atoms with Crippen molar-refractivity contribution >= 4 is 33.6 Å². The van der Waals surface area contributed by atoms with Gasteiger partial charge in [0.05, 0.1) is 28.9 Å². The molecular weight excluding hydrogens is 359 g/mol. The monoisotopic (exact) mass is 376 g/mol. The van der Waals surface area contributed by atoms with Crippen LogP contribution in [0.1, 0.15) is 23.7 Å². The van der Waals surface area contributed by atoms with Gasteiger partial charge in [0.2, 0.25) is 0 Å². The summed E-state index contributed by atoms with van der Waals surface area (Å²) in [4.78, 5) is 25.1. The fourth-order valence-electron chi connectivity index (χ4n) is 1.62. The number of carbonyl (C=O) groups excluding carboxylic acids is 2. The first kappa shape index (κ1) is 18.4. The second kappa shape index (κ2) is 8.09. The van der Waals surface area contributed by atoms with E-state index in [4.69, 9.17) is 0 Å². The van der Waals surface area contributed by atoms with E-state index in [1.54, 1.807) is 6.92 Å². The van der Waals surface area contributed by atoms with Crippen LogP contribution < -0.4 is 5.32 Å². The Labute approximate surface area is 136 Å². The van der Waals surface area contributed by atoms with Crippen LogP contribution in [0.4, 0.5) is 14.9 Å². The van der Waals surface area contributed by atoms with Gasteiger partial charge < -0.3 is 20.1 Å². The molecule has 0 saturated heterocycles. The summed E-state index contributed by atoms with van der Waals surface area (Å²) in [6, 6.07) is 1.76. The predicted molar refractivity (Wildman–Crippen MR) is 83.4 cm³/mol. The number of urea groups is 1. The molecule has 0 aliphatic rings. The smallest absolute Gasteiger partial charge is 0.340 e. The van der Waals surface area contributed by atoms with Gasteiger partial charge in [0.1, 0.15) is 5.82 Å². The zero-order valence-electron chi connectivity index (χ0n) is 12.5. The average Bonchev–Trinajstić information content (AvgIpc) is 2.47. The number of anilines is 1. The zero-order chi connectivity index (χ0) is 16.9. The maximum Gasteiger partial charge on any atom is 0.340 e. The normalized spacial score (nSPS) is 11.7. The van der Waals surface area contributed by atoms with Gasteiger partial charge in [0, 0.05) is 13.6 Å². The number of rotatable bonds is 5. The first-order chi connectivity index (χ1) is 10.3. The molecule has 6 nitrogen and oxygen atoms in total. The molecule has 0 spiro atoms. The minimum absolute atomic E-state index is 0.0152. The van der Waals surface area contributed by atoms with E-state index >= 15 is 0 Å².